The number of benzene rings is 1. The molecule has 0 N–H and O–H groups in total. The molecule has 140 valence electrons. The molecule has 0 aliphatic heterocycles. The predicted octanol–water partition coefficient (Wildman–Crippen LogP) is 4.89. The van der Waals surface area contributed by atoms with Crippen molar-refractivity contribution in [3.63, 3.8) is 0 Å². The number of fused-ring (bicyclic) bond motifs is 1. The molecule has 2 heterocycles. The lowest BCUT2D eigenvalue weighted by Gasteiger charge is -2.55. The molecular formula is C20H21ClN4OS. The van der Waals surface area contributed by atoms with Crippen molar-refractivity contribution in [2.75, 3.05) is 0 Å². The van der Waals surface area contributed by atoms with Crippen molar-refractivity contribution in [1.82, 2.24) is 19.8 Å². The lowest BCUT2D eigenvalue weighted by molar-refractivity contribution is -0.00569. The number of hydrogen-bond donors (Lipinski definition) is 0. The minimum absolute atomic E-state index is 0.300. The number of hydrogen-bond acceptors (Lipinski definition) is 5. The maximum atomic E-state index is 5.93. The Labute approximate surface area is 166 Å². The van der Waals surface area contributed by atoms with E-state index in [0.29, 0.717) is 17.0 Å². The van der Waals surface area contributed by atoms with Gasteiger partial charge in [-0.2, -0.15) is 9.61 Å². The first-order valence-electron chi connectivity index (χ1n) is 9.77. The molecule has 5 nitrogen and oxygen atoms in total. The van der Waals surface area contributed by atoms with Crippen LogP contribution in [0.1, 0.15) is 49.4 Å². The molecule has 4 fully saturated rings. The summed E-state index contributed by atoms with van der Waals surface area (Å²) in [6, 6.07) is 7.37. The summed E-state index contributed by atoms with van der Waals surface area (Å²) in [6.07, 6.45) is 8.30. The Bertz CT molecular complexity index is 960. The molecule has 7 rings (SSSR count). The van der Waals surface area contributed by atoms with Gasteiger partial charge in [-0.25, -0.2) is 0 Å². The van der Waals surface area contributed by atoms with Crippen LogP contribution < -0.4 is 4.74 Å². The average Bonchev–Trinajstić information content (AvgIpc) is 3.22. The SMILES string of the molecule is Clc1ccc(OCc2nnc3sc(C45CC6CC(CC(C6)C4)C5)nn23)cc1. The molecule has 4 saturated carbocycles. The highest BCUT2D eigenvalue weighted by Gasteiger charge is 2.53. The molecule has 0 atom stereocenters. The minimum Gasteiger partial charge on any atom is -0.486 e. The monoisotopic (exact) mass is 400 g/mol. The fraction of sp³-hybridized carbons (Fsp3) is 0.550. The summed E-state index contributed by atoms with van der Waals surface area (Å²) in [5.41, 5.74) is 0.300. The molecule has 2 aromatic heterocycles. The van der Waals surface area contributed by atoms with E-state index in [-0.39, 0.29) is 0 Å². The number of ether oxygens (including phenoxy) is 1. The van der Waals surface area contributed by atoms with Gasteiger partial charge in [0.1, 0.15) is 17.4 Å². The van der Waals surface area contributed by atoms with Crippen molar-refractivity contribution in [3.05, 3.63) is 40.1 Å². The summed E-state index contributed by atoms with van der Waals surface area (Å²) in [5.74, 6) is 4.27. The molecule has 0 radical (unpaired) electrons. The van der Waals surface area contributed by atoms with E-state index < -0.39 is 0 Å². The van der Waals surface area contributed by atoms with Crippen LogP contribution in [-0.2, 0) is 12.0 Å². The maximum Gasteiger partial charge on any atom is 0.234 e. The molecule has 0 amide bonds. The van der Waals surface area contributed by atoms with Crippen LogP contribution in [0.3, 0.4) is 0 Å². The highest BCUT2D eigenvalue weighted by Crippen LogP contribution is 2.61. The Hall–Kier alpha value is -1.66. The molecule has 0 saturated heterocycles. The van der Waals surface area contributed by atoms with E-state index in [2.05, 4.69) is 10.2 Å². The van der Waals surface area contributed by atoms with E-state index in [4.69, 9.17) is 21.4 Å². The number of rotatable bonds is 4. The van der Waals surface area contributed by atoms with Crippen LogP contribution in [0.4, 0.5) is 0 Å². The fourth-order valence-corrected chi connectivity index (χ4v) is 7.22. The standard InChI is InChI=1S/C20H21ClN4OS/c21-15-1-3-16(4-2-15)26-11-17-22-23-19-25(17)24-18(27-19)20-8-12-5-13(9-20)7-14(6-12)10-20/h1-4,12-14H,5-11H2. The smallest absolute Gasteiger partial charge is 0.234 e. The average molecular weight is 401 g/mol. The zero-order valence-corrected chi connectivity index (χ0v) is 16.5. The molecule has 1 aromatic carbocycles. The van der Waals surface area contributed by atoms with Gasteiger partial charge in [-0.1, -0.05) is 22.9 Å². The lowest BCUT2D eigenvalue weighted by atomic mass is 9.50. The van der Waals surface area contributed by atoms with Gasteiger partial charge in [-0.3, -0.25) is 0 Å². The summed E-state index contributed by atoms with van der Waals surface area (Å²) in [7, 11) is 0. The van der Waals surface area contributed by atoms with E-state index in [9.17, 15) is 0 Å². The number of halogens is 1. The molecular weight excluding hydrogens is 380 g/mol. The second kappa shape index (κ2) is 5.92. The normalized spacial score (nSPS) is 31.7. The third-order valence-electron chi connectivity index (χ3n) is 6.73. The summed E-state index contributed by atoms with van der Waals surface area (Å²) in [6.45, 7) is 0.354. The summed E-state index contributed by atoms with van der Waals surface area (Å²) < 4.78 is 7.75. The second-order valence-electron chi connectivity index (χ2n) is 8.66. The molecule has 7 heteroatoms. The Morgan fingerprint density at radius 2 is 1.70 bits per heavy atom. The number of aromatic nitrogens is 4. The van der Waals surface area contributed by atoms with Crippen molar-refractivity contribution in [2.45, 2.75) is 50.5 Å². The van der Waals surface area contributed by atoms with Crippen LogP contribution in [-0.4, -0.2) is 19.8 Å². The topological polar surface area (TPSA) is 52.3 Å². The second-order valence-corrected chi connectivity index (χ2v) is 10.1. The maximum absolute atomic E-state index is 5.93. The van der Waals surface area contributed by atoms with Gasteiger partial charge in [0, 0.05) is 10.4 Å². The van der Waals surface area contributed by atoms with Crippen LogP contribution >= 0.6 is 22.9 Å². The quantitative estimate of drug-likeness (QED) is 0.625. The van der Waals surface area contributed by atoms with Gasteiger partial charge in [-0.05, 0) is 80.5 Å². The van der Waals surface area contributed by atoms with Gasteiger partial charge in [0.2, 0.25) is 4.96 Å². The Morgan fingerprint density at radius 3 is 2.37 bits per heavy atom. The fourth-order valence-electron chi connectivity index (χ4n) is 6.01. The predicted molar refractivity (Wildman–Crippen MR) is 104 cm³/mol. The zero-order valence-electron chi connectivity index (χ0n) is 15.0. The molecule has 3 aromatic rings. The largest absolute Gasteiger partial charge is 0.486 e. The van der Waals surface area contributed by atoms with Gasteiger partial charge in [-0.15, -0.1) is 10.2 Å². The van der Waals surface area contributed by atoms with Gasteiger partial charge < -0.3 is 4.74 Å². The van der Waals surface area contributed by atoms with Gasteiger partial charge in [0.15, 0.2) is 5.82 Å². The number of nitrogens with zero attached hydrogens (tertiary/aromatic N) is 4. The van der Waals surface area contributed by atoms with E-state index in [1.54, 1.807) is 11.3 Å². The van der Waals surface area contributed by atoms with Gasteiger partial charge >= 0.3 is 0 Å². The van der Waals surface area contributed by atoms with E-state index in [1.807, 2.05) is 28.8 Å². The zero-order chi connectivity index (χ0) is 18.0. The van der Waals surface area contributed by atoms with E-state index in [1.165, 1.54) is 43.5 Å². The van der Waals surface area contributed by atoms with Crippen LogP contribution in [0.5, 0.6) is 5.75 Å². The van der Waals surface area contributed by atoms with Gasteiger partial charge in [0.05, 0.1) is 0 Å². The van der Waals surface area contributed by atoms with Crippen LogP contribution in [0, 0.1) is 17.8 Å². The molecule has 4 aliphatic carbocycles. The molecule has 27 heavy (non-hydrogen) atoms. The third-order valence-corrected chi connectivity index (χ3v) is 8.13. The highest BCUT2D eigenvalue weighted by atomic mass is 35.5. The van der Waals surface area contributed by atoms with Crippen molar-refractivity contribution in [1.29, 1.82) is 0 Å². The first-order valence-corrected chi connectivity index (χ1v) is 11.0. The molecule has 0 spiro atoms. The minimum atomic E-state index is 0.300. The van der Waals surface area contributed by atoms with Crippen molar-refractivity contribution >= 4 is 27.9 Å². The Balaban J connectivity index is 1.28. The van der Waals surface area contributed by atoms with Gasteiger partial charge in [0.25, 0.3) is 0 Å². The first kappa shape index (κ1) is 16.3. The molecule has 4 aliphatic rings. The Morgan fingerprint density at radius 1 is 1.04 bits per heavy atom. The molecule has 0 unspecified atom stereocenters. The van der Waals surface area contributed by atoms with E-state index in [0.717, 1.165) is 34.3 Å². The van der Waals surface area contributed by atoms with E-state index >= 15 is 0 Å². The summed E-state index contributed by atoms with van der Waals surface area (Å²) in [4.78, 5) is 0.885. The summed E-state index contributed by atoms with van der Waals surface area (Å²) in [5, 5.41) is 15.6. The van der Waals surface area contributed by atoms with Crippen molar-refractivity contribution in [3.8, 4) is 5.75 Å². The van der Waals surface area contributed by atoms with Crippen molar-refractivity contribution < 1.29 is 4.74 Å². The Kier molecular flexibility index (Phi) is 3.57. The van der Waals surface area contributed by atoms with Crippen LogP contribution in [0.2, 0.25) is 5.02 Å². The summed E-state index contributed by atoms with van der Waals surface area (Å²) >= 11 is 7.67. The first-order chi connectivity index (χ1) is 13.2. The van der Waals surface area contributed by atoms with Crippen molar-refractivity contribution in [2.24, 2.45) is 17.8 Å². The third kappa shape index (κ3) is 2.68. The van der Waals surface area contributed by atoms with Crippen LogP contribution in [0.15, 0.2) is 24.3 Å². The molecule has 4 bridgehead atoms. The lowest BCUT2D eigenvalue weighted by Crippen LogP contribution is -2.48. The highest BCUT2D eigenvalue weighted by molar-refractivity contribution is 7.16. The van der Waals surface area contributed by atoms with Crippen LogP contribution in [0.25, 0.3) is 4.96 Å².